The van der Waals surface area contributed by atoms with E-state index in [4.69, 9.17) is 0 Å². The van der Waals surface area contributed by atoms with Gasteiger partial charge in [0.15, 0.2) is 0 Å². The third-order valence-corrected chi connectivity index (χ3v) is 3.50. The van der Waals surface area contributed by atoms with Crippen LogP contribution >= 0.6 is 0 Å². The van der Waals surface area contributed by atoms with Crippen molar-refractivity contribution in [1.82, 2.24) is 20.1 Å². The predicted molar refractivity (Wildman–Crippen MR) is 81.5 cm³/mol. The molecule has 5 heteroatoms. The van der Waals surface area contributed by atoms with E-state index >= 15 is 0 Å². The monoisotopic (exact) mass is 282 g/mol. The van der Waals surface area contributed by atoms with Crippen LogP contribution in [0.1, 0.15) is 11.1 Å². The summed E-state index contributed by atoms with van der Waals surface area (Å²) < 4.78 is 0. The molecule has 0 aliphatic carbocycles. The molecule has 0 spiro atoms. The average molecular weight is 282 g/mol. The van der Waals surface area contributed by atoms with Crippen LogP contribution in [0.2, 0.25) is 0 Å². The first-order valence-corrected chi connectivity index (χ1v) is 7.00. The van der Waals surface area contributed by atoms with Gasteiger partial charge < -0.3 is 5.11 Å². The lowest BCUT2D eigenvalue weighted by Gasteiger charge is -2.21. The number of H-pyrrole nitrogens is 1. The Morgan fingerprint density at radius 2 is 2.05 bits per heavy atom. The molecular weight excluding hydrogens is 264 g/mol. The molecule has 0 radical (unpaired) electrons. The summed E-state index contributed by atoms with van der Waals surface area (Å²) in [6, 6.07) is 10.2. The fourth-order valence-electron chi connectivity index (χ4n) is 2.51. The highest BCUT2D eigenvalue weighted by atomic mass is 16.3. The molecule has 108 valence electrons. The fraction of sp³-hybridized carbons (Fsp3) is 0.250. The van der Waals surface area contributed by atoms with Crippen molar-refractivity contribution in [1.29, 1.82) is 0 Å². The molecule has 0 bridgehead atoms. The van der Waals surface area contributed by atoms with Crippen LogP contribution in [0.5, 0.6) is 0 Å². The molecule has 0 aliphatic rings. The molecule has 2 N–H and O–H groups in total. The first-order chi connectivity index (χ1) is 10.4. The standard InChI is InChI=1S/C16H18N4O/c21-8-7-20(11-13-3-2-6-17-9-13)12-15-5-1-4-14-10-18-19-16(14)15/h1-6,9-10,21H,7-8,11-12H2,(H,18,19). The second-order valence-electron chi connectivity index (χ2n) is 5.05. The second kappa shape index (κ2) is 6.47. The molecule has 0 unspecified atom stereocenters. The zero-order valence-electron chi connectivity index (χ0n) is 11.7. The Labute approximate surface area is 123 Å². The Morgan fingerprint density at radius 3 is 2.86 bits per heavy atom. The van der Waals surface area contributed by atoms with Crippen molar-refractivity contribution < 1.29 is 5.11 Å². The highest BCUT2D eigenvalue weighted by molar-refractivity contribution is 5.81. The number of aliphatic hydroxyl groups is 1. The molecule has 0 atom stereocenters. The van der Waals surface area contributed by atoms with E-state index in [9.17, 15) is 5.11 Å². The largest absolute Gasteiger partial charge is 0.395 e. The maximum absolute atomic E-state index is 9.29. The van der Waals surface area contributed by atoms with Crippen LogP contribution in [0.3, 0.4) is 0 Å². The number of nitrogens with zero attached hydrogens (tertiary/aromatic N) is 3. The van der Waals surface area contributed by atoms with Crippen molar-refractivity contribution in [3.8, 4) is 0 Å². The molecule has 1 aromatic carbocycles. The van der Waals surface area contributed by atoms with E-state index in [1.807, 2.05) is 36.7 Å². The summed E-state index contributed by atoms with van der Waals surface area (Å²) in [6.45, 7) is 2.28. The molecule has 3 aromatic rings. The van der Waals surface area contributed by atoms with Gasteiger partial charge in [0.1, 0.15) is 0 Å². The van der Waals surface area contributed by atoms with Gasteiger partial charge in [0.05, 0.1) is 18.3 Å². The number of benzene rings is 1. The smallest absolute Gasteiger partial charge is 0.0695 e. The van der Waals surface area contributed by atoms with Gasteiger partial charge in [0.2, 0.25) is 0 Å². The number of hydrogen-bond acceptors (Lipinski definition) is 4. The molecular formula is C16H18N4O. The molecule has 0 saturated carbocycles. The molecule has 5 nitrogen and oxygen atoms in total. The number of para-hydroxylation sites is 1. The van der Waals surface area contributed by atoms with Crippen LogP contribution in [0.15, 0.2) is 48.9 Å². The van der Waals surface area contributed by atoms with Crippen LogP contribution < -0.4 is 0 Å². The van der Waals surface area contributed by atoms with Crippen LogP contribution in [0.4, 0.5) is 0 Å². The summed E-state index contributed by atoms with van der Waals surface area (Å²) in [6.07, 6.45) is 5.46. The van der Waals surface area contributed by atoms with E-state index < -0.39 is 0 Å². The maximum Gasteiger partial charge on any atom is 0.0695 e. The molecule has 0 aliphatic heterocycles. The van der Waals surface area contributed by atoms with E-state index in [2.05, 4.69) is 26.1 Å². The number of aliphatic hydroxyl groups excluding tert-OH is 1. The summed E-state index contributed by atoms with van der Waals surface area (Å²) >= 11 is 0. The van der Waals surface area contributed by atoms with Gasteiger partial charge in [-0.3, -0.25) is 15.0 Å². The minimum Gasteiger partial charge on any atom is -0.395 e. The van der Waals surface area contributed by atoms with Gasteiger partial charge in [-0.25, -0.2) is 0 Å². The van der Waals surface area contributed by atoms with Gasteiger partial charge in [-0.2, -0.15) is 5.10 Å². The molecule has 2 aromatic heterocycles. The van der Waals surface area contributed by atoms with E-state index in [1.165, 1.54) is 5.56 Å². The lowest BCUT2D eigenvalue weighted by Crippen LogP contribution is -2.26. The summed E-state index contributed by atoms with van der Waals surface area (Å²) in [5.74, 6) is 0. The first kappa shape index (κ1) is 13.7. The Balaban J connectivity index is 1.80. The fourth-order valence-corrected chi connectivity index (χ4v) is 2.51. The summed E-state index contributed by atoms with van der Waals surface area (Å²) in [5, 5.41) is 17.5. The Kier molecular flexibility index (Phi) is 4.23. The number of nitrogens with one attached hydrogen (secondary N) is 1. The number of aromatic nitrogens is 3. The van der Waals surface area contributed by atoms with E-state index in [0.717, 1.165) is 29.6 Å². The minimum atomic E-state index is 0.138. The zero-order chi connectivity index (χ0) is 14.5. The van der Waals surface area contributed by atoms with Crippen molar-refractivity contribution in [2.45, 2.75) is 13.1 Å². The van der Waals surface area contributed by atoms with Gasteiger partial charge in [-0.15, -0.1) is 0 Å². The Hall–Kier alpha value is -2.24. The van der Waals surface area contributed by atoms with E-state index in [1.54, 1.807) is 6.20 Å². The lowest BCUT2D eigenvalue weighted by atomic mass is 10.1. The highest BCUT2D eigenvalue weighted by Gasteiger charge is 2.10. The second-order valence-corrected chi connectivity index (χ2v) is 5.05. The van der Waals surface area contributed by atoms with Crippen LogP contribution in [-0.2, 0) is 13.1 Å². The van der Waals surface area contributed by atoms with Crippen LogP contribution in [-0.4, -0.2) is 38.3 Å². The van der Waals surface area contributed by atoms with Crippen LogP contribution in [0.25, 0.3) is 10.9 Å². The third-order valence-electron chi connectivity index (χ3n) is 3.50. The molecule has 0 amide bonds. The van der Waals surface area contributed by atoms with Gasteiger partial charge in [0.25, 0.3) is 0 Å². The molecule has 21 heavy (non-hydrogen) atoms. The van der Waals surface area contributed by atoms with E-state index in [0.29, 0.717) is 6.54 Å². The number of hydrogen-bond donors (Lipinski definition) is 2. The quantitative estimate of drug-likeness (QED) is 0.725. The van der Waals surface area contributed by atoms with Gasteiger partial charge in [0, 0.05) is 37.4 Å². The number of pyridine rings is 1. The number of rotatable bonds is 6. The summed E-state index contributed by atoms with van der Waals surface area (Å²) in [5.41, 5.74) is 3.39. The van der Waals surface area contributed by atoms with Crippen LogP contribution in [0, 0.1) is 0 Å². The Bertz CT molecular complexity index is 696. The van der Waals surface area contributed by atoms with Crippen molar-refractivity contribution >= 4 is 10.9 Å². The highest BCUT2D eigenvalue weighted by Crippen LogP contribution is 2.18. The molecule has 2 heterocycles. The van der Waals surface area contributed by atoms with Gasteiger partial charge in [-0.05, 0) is 17.2 Å². The average Bonchev–Trinajstić information content (AvgIpc) is 2.98. The Morgan fingerprint density at radius 1 is 1.10 bits per heavy atom. The maximum atomic E-state index is 9.29. The van der Waals surface area contributed by atoms with Crippen molar-refractivity contribution in [2.75, 3.05) is 13.2 Å². The minimum absolute atomic E-state index is 0.138. The number of aromatic amines is 1. The van der Waals surface area contributed by atoms with Crippen molar-refractivity contribution in [3.05, 3.63) is 60.0 Å². The van der Waals surface area contributed by atoms with E-state index in [-0.39, 0.29) is 6.61 Å². The topological polar surface area (TPSA) is 65.0 Å². The summed E-state index contributed by atoms with van der Waals surface area (Å²) in [4.78, 5) is 6.34. The van der Waals surface area contributed by atoms with Crippen molar-refractivity contribution in [2.24, 2.45) is 0 Å². The normalized spacial score (nSPS) is 11.3. The molecule has 0 saturated heterocycles. The zero-order valence-corrected chi connectivity index (χ0v) is 11.7. The summed E-state index contributed by atoms with van der Waals surface area (Å²) in [7, 11) is 0. The van der Waals surface area contributed by atoms with Gasteiger partial charge in [-0.1, -0.05) is 24.3 Å². The molecule has 3 rings (SSSR count). The lowest BCUT2D eigenvalue weighted by molar-refractivity contribution is 0.184. The van der Waals surface area contributed by atoms with Gasteiger partial charge >= 0.3 is 0 Å². The van der Waals surface area contributed by atoms with Crippen molar-refractivity contribution in [3.63, 3.8) is 0 Å². The number of fused-ring (bicyclic) bond motifs is 1. The molecule has 0 fully saturated rings. The predicted octanol–water partition coefficient (Wildman–Crippen LogP) is 1.95. The third kappa shape index (κ3) is 3.26. The SMILES string of the molecule is OCCN(Cc1cccnc1)Cc1cccc2cn[nH]c12. The first-order valence-electron chi connectivity index (χ1n) is 7.00.